The molecular formula is C21H34ClN3O2. The monoisotopic (exact) mass is 395 g/mol. The molecule has 1 aliphatic rings. The van der Waals surface area contributed by atoms with Crippen LogP contribution in [0.1, 0.15) is 69.2 Å². The van der Waals surface area contributed by atoms with Crippen molar-refractivity contribution in [2.75, 3.05) is 18.9 Å². The van der Waals surface area contributed by atoms with Gasteiger partial charge in [-0.15, -0.1) is 12.4 Å². The average Bonchev–Trinajstić information content (AvgIpc) is 2.70. The number of hydrogen-bond acceptors (Lipinski definition) is 3. The Bertz CT molecular complexity index is 600. The summed E-state index contributed by atoms with van der Waals surface area (Å²) in [7, 11) is 1.89. The summed E-state index contributed by atoms with van der Waals surface area (Å²) < 4.78 is 0. The molecule has 0 heterocycles. The first-order valence-electron chi connectivity index (χ1n) is 9.86. The van der Waals surface area contributed by atoms with Crippen molar-refractivity contribution in [3.8, 4) is 0 Å². The molecule has 2 rings (SSSR count). The number of nitrogens with two attached hydrogens (primary N) is 1. The van der Waals surface area contributed by atoms with Gasteiger partial charge in [0.25, 0.3) is 5.91 Å². The Morgan fingerprint density at radius 1 is 1.11 bits per heavy atom. The SMILES string of the molecule is CCC(CC)(CN)C(=O)Nc1ccc(C(=O)N(C)C2CCCCC2)cc1.Cl. The Labute approximate surface area is 169 Å². The third-order valence-corrected chi connectivity index (χ3v) is 6.06. The smallest absolute Gasteiger partial charge is 0.253 e. The van der Waals surface area contributed by atoms with Crippen LogP contribution in [0.5, 0.6) is 0 Å². The lowest BCUT2D eigenvalue weighted by molar-refractivity contribution is -0.125. The van der Waals surface area contributed by atoms with Crippen LogP contribution in [0.3, 0.4) is 0 Å². The van der Waals surface area contributed by atoms with Crippen molar-refractivity contribution in [1.82, 2.24) is 4.90 Å². The van der Waals surface area contributed by atoms with Crippen molar-refractivity contribution in [2.45, 2.75) is 64.8 Å². The van der Waals surface area contributed by atoms with E-state index in [-0.39, 0.29) is 24.2 Å². The molecule has 6 heteroatoms. The zero-order chi connectivity index (χ0) is 19.2. The Kier molecular flexibility index (Phi) is 9.27. The zero-order valence-electron chi connectivity index (χ0n) is 16.8. The van der Waals surface area contributed by atoms with Crippen LogP contribution in [0.4, 0.5) is 5.69 Å². The fourth-order valence-corrected chi connectivity index (χ4v) is 3.75. The molecule has 0 bridgehead atoms. The maximum absolute atomic E-state index is 12.7. The molecule has 5 nitrogen and oxygen atoms in total. The average molecular weight is 396 g/mol. The molecule has 1 aliphatic carbocycles. The lowest BCUT2D eigenvalue weighted by Crippen LogP contribution is -2.41. The largest absolute Gasteiger partial charge is 0.339 e. The highest BCUT2D eigenvalue weighted by atomic mass is 35.5. The van der Waals surface area contributed by atoms with Crippen molar-refractivity contribution in [2.24, 2.45) is 11.1 Å². The van der Waals surface area contributed by atoms with Crippen molar-refractivity contribution < 1.29 is 9.59 Å². The quantitative estimate of drug-likeness (QED) is 0.725. The van der Waals surface area contributed by atoms with Gasteiger partial charge in [-0.3, -0.25) is 9.59 Å². The Balaban J connectivity index is 0.00000364. The minimum Gasteiger partial charge on any atom is -0.339 e. The summed E-state index contributed by atoms with van der Waals surface area (Å²) in [6.45, 7) is 4.30. The molecule has 1 saturated carbocycles. The van der Waals surface area contributed by atoms with Gasteiger partial charge in [0.05, 0.1) is 5.41 Å². The van der Waals surface area contributed by atoms with Crippen molar-refractivity contribution in [3.63, 3.8) is 0 Å². The molecule has 27 heavy (non-hydrogen) atoms. The van der Waals surface area contributed by atoms with Crippen LogP contribution >= 0.6 is 12.4 Å². The lowest BCUT2D eigenvalue weighted by Gasteiger charge is -2.31. The summed E-state index contributed by atoms with van der Waals surface area (Å²) >= 11 is 0. The molecule has 0 spiro atoms. The van der Waals surface area contributed by atoms with E-state index in [9.17, 15) is 9.59 Å². The molecule has 0 aliphatic heterocycles. The summed E-state index contributed by atoms with van der Waals surface area (Å²) in [6, 6.07) is 7.52. The van der Waals surface area contributed by atoms with Gasteiger partial charge in [-0.25, -0.2) is 0 Å². The lowest BCUT2D eigenvalue weighted by atomic mass is 9.81. The molecule has 152 valence electrons. The van der Waals surface area contributed by atoms with Crippen molar-refractivity contribution in [1.29, 1.82) is 0 Å². The second kappa shape index (κ2) is 10.7. The maximum atomic E-state index is 12.7. The first-order valence-corrected chi connectivity index (χ1v) is 9.86. The van der Waals surface area contributed by atoms with Gasteiger partial charge in [-0.05, 0) is 49.9 Å². The summed E-state index contributed by atoms with van der Waals surface area (Å²) in [5, 5.41) is 2.95. The van der Waals surface area contributed by atoms with Crippen LogP contribution < -0.4 is 11.1 Å². The van der Waals surface area contributed by atoms with E-state index in [4.69, 9.17) is 5.73 Å². The van der Waals surface area contributed by atoms with Crippen LogP contribution in [0.2, 0.25) is 0 Å². The van der Waals surface area contributed by atoms with Gasteiger partial charge in [-0.2, -0.15) is 0 Å². The second-order valence-corrected chi connectivity index (χ2v) is 7.43. The van der Waals surface area contributed by atoms with Gasteiger partial charge in [0.1, 0.15) is 0 Å². The van der Waals surface area contributed by atoms with E-state index < -0.39 is 5.41 Å². The van der Waals surface area contributed by atoms with Gasteiger partial charge >= 0.3 is 0 Å². The van der Waals surface area contributed by atoms with Gasteiger partial charge in [0.15, 0.2) is 0 Å². The molecule has 1 fully saturated rings. The molecule has 0 atom stereocenters. The molecule has 0 saturated heterocycles. The predicted octanol–water partition coefficient (Wildman–Crippen LogP) is 4.22. The summed E-state index contributed by atoms with van der Waals surface area (Å²) in [6.07, 6.45) is 7.25. The number of halogens is 1. The minimum absolute atomic E-state index is 0. The van der Waals surface area contributed by atoms with E-state index in [1.54, 1.807) is 24.3 Å². The number of carbonyl (C=O) groups is 2. The molecule has 1 aromatic carbocycles. The Morgan fingerprint density at radius 3 is 2.15 bits per heavy atom. The highest BCUT2D eigenvalue weighted by Gasteiger charge is 2.33. The molecule has 3 N–H and O–H groups in total. The fourth-order valence-electron chi connectivity index (χ4n) is 3.75. The summed E-state index contributed by atoms with van der Waals surface area (Å²) in [4.78, 5) is 27.2. The molecule has 0 radical (unpaired) electrons. The normalized spacial score (nSPS) is 15.0. The molecule has 0 aromatic heterocycles. The van der Waals surface area contributed by atoms with E-state index in [0.717, 1.165) is 12.8 Å². The minimum atomic E-state index is -0.532. The highest BCUT2D eigenvalue weighted by molar-refractivity contribution is 5.97. The topological polar surface area (TPSA) is 75.4 Å². The Hall–Kier alpha value is -1.59. The van der Waals surface area contributed by atoms with Crippen molar-refractivity contribution in [3.05, 3.63) is 29.8 Å². The molecule has 1 aromatic rings. The van der Waals surface area contributed by atoms with Crippen molar-refractivity contribution >= 4 is 29.9 Å². The summed E-state index contributed by atoms with van der Waals surface area (Å²) in [5.74, 6) is -0.00315. The maximum Gasteiger partial charge on any atom is 0.253 e. The number of anilines is 1. The number of hydrogen-bond donors (Lipinski definition) is 2. The van der Waals surface area contributed by atoms with Gasteiger partial charge < -0.3 is 16.0 Å². The summed E-state index contributed by atoms with van der Waals surface area (Å²) in [5.41, 5.74) is 6.67. The predicted molar refractivity (Wildman–Crippen MR) is 113 cm³/mol. The standard InChI is InChI=1S/C21H33N3O2.ClH/c1-4-21(5-2,15-22)20(26)23-17-13-11-16(12-14-17)19(25)24(3)18-9-7-6-8-10-18;/h11-14,18H,4-10,15,22H2,1-3H3,(H,23,26);1H. The third kappa shape index (κ3) is 5.45. The van der Waals surface area contributed by atoms with Crippen LogP contribution in [0, 0.1) is 5.41 Å². The van der Waals surface area contributed by atoms with Crippen LogP contribution in [-0.4, -0.2) is 36.3 Å². The number of amides is 2. The van der Waals surface area contributed by atoms with Crippen LogP contribution in [0.25, 0.3) is 0 Å². The van der Waals surface area contributed by atoms with Crippen LogP contribution in [-0.2, 0) is 4.79 Å². The number of benzene rings is 1. The molecular weight excluding hydrogens is 362 g/mol. The van der Waals surface area contributed by atoms with E-state index in [0.29, 0.717) is 36.7 Å². The van der Waals surface area contributed by atoms with E-state index in [1.165, 1.54) is 19.3 Å². The van der Waals surface area contributed by atoms with Gasteiger partial charge in [0.2, 0.25) is 5.91 Å². The van der Waals surface area contributed by atoms with E-state index >= 15 is 0 Å². The van der Waals surface area contributed by atoms with Gasteiger partial charge in [-0.1, -0.05) is 33.1 Å². The number of nitrogens with zero attached hydrogens (tertiary/aromatic N) is 1. The third-order valence-electron chi connectivity index (χ3n) is 6.06. The number of rotatable bonds is 7. The first-order chi connectivity index (χ1) is 12.5. The molecule has 2 amide bonds. The zero-order valence-corrected chi connectivity index (χ0v) is 17.6. The van der Waals surface area contributed by atoms with E-state index in [2.05, 4.69) is 5.32 Å². The van der Waals surface area contributed by atoms with Gasteiger partial charge in [0, 0.05) is 30.9 Å². The van der Waals surface area contributed by atoms with E-state index in [1.807, 2.05) is 25.8 Å². The Morgan fingerprint density at radius 2 is 1.67 bits per heavy atom. The highest BCUT2D eigenvalue weighted by Crippen LogP contribution is 2.27. The molecule has 0 unspecified atom stereocenters. The van der Waals surface area contributed by atoms with Crippen LogP contribution in [0.15, 0.2) is 24.3 Å². The number of carbonyl (C=O) groups excluding carboxylic acids is 2. The number of nitrogens with one attached hydrogen (secondary N) is 1. The fraction of sp³-hybridized carbons (Fsp3) is 0.619. The second-order valence-electron chi connectivity index (χ2n) is 7.43. The first kappa shape index (κ1) is 23.4.